The Morgan fingerprint density at radius 3 is 2.31 bits per heavy atom. The molecular formula is C28H36N4O3. The summed E-state index contributed by atoms with van der Waals surface area (Å²) in [4.78, 5) is 42.7. The molecule has 2 N–H and O–H groups in total. The fraction of sp³-hybridized carbons (Fsp3) is 0.464. The summed E-state index contributed by atoms with van der Waals surface area (Å²) in [5.74, 6) is 0.574. The maximum atomic E-state index is 13.2. The molecule has 3 unspecified atom stereocenters. The quantitative estimate of drug-likeness (QED) is 0.652. The van der Waals surface area contributed by atoms with Crippen LogP contribution in [0.4, 0.5) is 16.2 Å². The van der Waals surface area contributed by atoms with Crippen LogP contribution >= 0.6 is 0 Å². The molecule has 0 bridgehead atoms. The van der Waals surface area contributed by atoms with E-state index in [1.54, 1.807) is 11.0 Å². The lowest BCUT2D eigenvalue weighted by Gasteiger charge is -2.35. The highest BCUT2D eigenvalue weighted by Gasteiger charge is 2.30. The first-order chi connectivity index (χ1) is 16.8. The number of likely N-dealkylation sites (tertiary alicyclic amines) is 2. The van der Waals surface area contributed by atoms with Gasteiger partial charge in [0.15, 0.2) is 0 Å². The molecule has 2 aromatic carbocycles. The maximum absolute atomic E-state index is 13.2. The number of rotatable bonds is 4. The van der Waals surface area contributed by atoms with Crippen LogP contribution in [0.3, 0.4) is 0 Å². The van der Waals surface area contributed by atoms with E-state index >= 15 is 0 Å². The number of hydrogen-bond donors (Lipinski definition) is 2. The van der Waals surface area contributed by atoms with Crippen LogP contribution in [0.5, 0.6) is 0 Å². The Hall–Kier alpha value is -3.35. The molecule has 0 aromatic heterocycles. The Morgan fingerprint density at radius 2 is 1.60 bits per heavy atom. The van der Waals surface area contributed by atoms with Gasteiger partial charge < -0.3 is 20.4 Å². The smallest absolute Gasteiger partial charge is 0.321 e. The largest absolute Gasteiger partial charge is 0.338 e. The SMILES string of the molecule is Cc1ccc(C(=O)N2CC(C)CC(C)C2)cc1NC(=O)C1CCCN(C(=O)Nc2ccccc2)C1. The topological polar surface area (TPSA) is 81.8 Å². The molecule has 2 fully saturated rings. The van der Waals surface area contributed by atoms with Crippen LogP contribution in [0.2, 0.25) is 0 Å². The summed E-state index contributed by atoms with van der Waals surface area (Å²) in [6.07, 6.45) is 2.63. The number of carbonyl (C=O) groups is 3. The number of nitrogens with zero attached hydrogens (tertiary/aromatic N) is 2. The Bertz CT molecular complexity index is 1060. The van der Waals surface area contributed by atoms with Gasteiger partial charge in [-0.3, -0.25) is 9.59 Å². The summed E-state index contributed by atoms with van der Waals surface area (Å²) in [7, 11) is 0. The van der Waals surface area contributed by atoms with E-state index in [0.717, 1.165) is 43.6 Å². The van der Waals surface area contributed by atoms with Gasteiger partial charge >= 0.3 is 6.03 Å². The van der Waals surface area contributed by atoms with Gasteiger partial charge in [0.2, 0.25) is 5.91 Å². The number of urea groups is 1. The predicted molar refractivity (Wildman–Crippen MR) is 138 cm³/mol. The van der Waals surface area contributed by atoms with Gasteiger partial charge in [-0.15, -0.1) is 0 Å². The van der Waals surface area contributed by atoms with Crippen molar-refractivity contribution >= 4 is 29.2 Å². The van der Waals surface area contributed by atoms with Gasteiger partial charge in [0, 0.05) is 43.1 Å². The van der Waals surface area contributed by atoms with Crippen LogP contribution in [-0.2, 0) is 4.79 Å². The zero-order valence-electron chi connectivity index (χ0n) is 20.9. The zero-order chi connectivity index (χ0) is 24.9. The van der Waals surface area contributed by atoms with Crippen molar-refractivity contribution in [2.75, 3.05) is 36.8 Å². The maximum Gasteiger partial charge on any atom is 0.321 e. The molecule has 2 aliphatic heterocycles. The molecule has 35 heavy (non-hydrogen) atoms. The standard InChI is InChI=1S/C28H36N4O3/c1-19-14-20(2)17-32(16-19)27(34)22-12-11-21(3)25(15-22)30-26(33)23-8-7-13-31(18-23)28(35)29-24-9-5-4-6-10-24/h4-6,9-12,15,19-20,23H,7-8,13-14,16-18H2,1-3H3,(H,29,35)(H,30,33). The molecule has 3 atom stereocenters. The first-order valence-corrected chi connectivity index (χ1v) is 12.6. The molecule has 2 aliphatic rings. The first-order valence-electron chi connectivity index (χ1n) is 12.6. The van der Waals surface area contributed by atoms with E-state index in [-0.39, 0.29) is 23.8 Å². The third-order valence-corrected chi connectivity index (χ3v) is 7.00. The second kappa shape index (κ2) is 10.9. The number of aryl methyl sites for hydroxylation is 1. The van der Waals surface area contributed by atoms with Gasteiger partial charge in [0.25, 0.3) is 5.91 Å². The monoisotopic (exact) mass is 476 g/mol. The molecule has 2 aromatic rings. The van der Waals surface area contributed by atoms with Crippen molar-refractivity contribution < 1.29 is 14.4 Å². The summed E-state index contributed by atoms with van der Waals surface area (Å²) in [6, 6.07) is 14.7. The third-order valence-electron chi connectivity index (χ3n) is 7.00. The lowest BCUT2D eigenvalue weighted by atomic mass is 9.91. The highest BCUT2D eigenvalue weighted by atomic mass is 16.2. The second-order valence-electron chi connectivity index (χ2n) is 10.3. The van der Waals surface area contributed by atoms with Crippen molar-refractivity contribution in [3.05, 3.63) is 59.7 Å². The molecule has 0 aliphatic carbocycles. The number of anilines is 2. The van der Waals surface area contributed by atoms with Crippen LogP contribution in [0, 0.1) is 24.7 Å². The summed E-state index contributed by atoms with van der Waals surface area (Å²) < 4.78 is 0. The number of nitrogens with one attached hydrogen (secondary N) is 2. The van der Waals surface area contributed by atoms with Crippen molar-refractivity contribution in [2.45, 2.75) is 40.0 Å². The fourth-order valence-corrected chi connectivity index (χ4v) is 5.24. The summed E-state index contributed by atoms with van der Waals surface area (Å²) >= 11 is 0. The summed E-state index contributed by atoms with van der Waals surface area (Å²) in [5, 5.41) is 5.94. The molecule has 7 heteroatoms. The minimum absolute atomic E-state index is 0.0142. The van der Waals surface area contributed by atoms with Gasteiger partial charge in [-0.25, -0.2) is 4.79 Å². The molecular weight excluding hydrogens is 440 g/mol. The number of carbonyl (C=O) groups excluding carboxylic acids is 3. The molecule has 4 rings (SSSR count). The summed E-state index contributed by atoms with van der Waals surface area (Å²) in [5.41, 5.74) is 2.90. The molecule has 0 saturated carbocycles. The highest BCUT2D eigenvalue weighted by molar-refractivity contribution is 5.99. The molecule has 0 spiro atoms. The van der Waals surface area contributed by atoms with Crippen LogP contribution in [0.15, 0.2) is 48.5 Å². The molecule has 186 valence electrons. The normalized spacial score (nSPS) is 22.4. The van der Waals surface area contributed by atoms with Gasteiger partial charge in [0.1, 0.15) is 0 Å². The Morgan fingerprint density at radius 1 is 0.886 bits per heavy atom. The number of amides is 4. The van der Waals surface area contributed by atoms with Crippen molar-refractivity contribution in [1.82, 2.24) is 9.80 Å². The number of hydrogen-bond acceptors (Lipinski definition) is 3. The van der Waals surface area contributed by atoms with Crippen LogP contribution < -0.4 is 10.6 Å². The lowest BCUT2D eigenvalue weighted by molar-refractivity contribution is -0.121. The lowest BCUT2D eigenvalue weighted by Crippen LogP contribution is -2.45. The van der Waals surface area contributed by atoms with E-state index in [4.69, 9.17) is 0 Å². The van der Waals surface area contributed by atoms with Crippen molar-refractivity contribution in [1.29, 1.82) is 0 Å². The van der Waals surface area contributed by atoms with E-state index in [9.17, 15) is 14.4 Å². The number of benzene rings is 2. The molecule has 2 heterocycles. The number of para-hydroxylation sites is 1. The zero-order valence-corrected chi connectivity index (χ0v) is 20.9. The van der Waals surface area contributed by atoms with E-state index in [0.29, 0.717) is 36.2 Å². The third kappa shape index (κ3) is 6.21. The van der Waals surface area contributed by atoms with Crippen molar-refractivity contribution in [3.8, 4) is 0 Å². The van der Waals surface area contributed by atoms with Crippen molar-refractivity contribution in [3.63, 3.8) is 0 Å². The van der Waals surface area contributed by atoms with Crippen LogP contribution in [-0.4, -0.2) is 53.8 Å². The van der Waals surface area contributed by atoms with Crippen LogP contribution in [0.1, 0.15) is 49.0 Å². The van der Waals surface area contributed by atoms with E-state index in [1.807, 2.05) is 54.3 Å². The number of piperidine rings is 2. The summed E-state index contributed by atoms with van der Waals surface area (Å²) in [6.45, 7) is 8.82. The minimum atomic E-state index is -0.298. The Balaban J connectivity index is 1.40. The van der Waals surface area contributed by atoms with E-state index in [1.165, 1.54) is 0 Å². The van der Waals surface area contributed by atoms with Gasteiger partial charge in [-0.2, -0.15) is 0 Å². The molecule has 0 radical (unpaired) electrons. The first kappa shape index (κ1) is 24.8. The van der Waals surface area contributed by atoms with Crippen molar-refractivity contribution in [2.24, 2.45) is 17.8 Å². The fourth-order valence-electron chi connectivity index (χ4n) is 5.24. The average molecular weight is 477 g/mol. The van der Waals surface area contributed by atoms with Gasteiger partial charge in [0.05, 0.1) is 5.92 Å². The molecule has 2 saturated heterocycles. The minimum Gasteiger partial charge on any atom is -0.338 e. The molecule has 7 nitrogen and oxygen atoms in total. The van der Waals surface area contributed by atoms with Crippen LogP contribution in [0.25, 0.3) is 0 Å². The average Bonchev–Trinajstić information content (AvgIpc) is 2.85. The van der Waals surface area contributed by atoms with E-state index in [2.05, 4.69) is 24.5 Å². The van der Waals surface area contributed by atoms with Gasteiger partial charge in [-0.05, 0) is 67.9 Å². The Kier molecular flexibility index (Phi) is 7.73. The van der Waals surface area contributed by atoms with E-state index < -0.39 is 0 Å². The second-order valence-corrected chi connectivity index (χ2v) is 10.3. The predicted octanol–water partition coefficient (Wildman–Crippen LogP) is 5.00. The molecule has 4 amide bonds. The Labute approximate surface area is 207 Å². The van der Waals surface area contributed by atoms with Gasteiger partial charge in [-0.1, -0.05) is 38.1 Å². The highest BCUT2D eigenvalue weighted by Crippen LogP contribution is 2.26.